The predicted octanol–water partition coefficient (Wildman–Crippen LogP) is 2.48. The Bertz CT molecular complexity index is 273. The largest absolute Gasteiger partial charge is 0.387 e. The maximum atomic E-state index is 7.54. The van der Waals surface area contributed by atoms with Crippen molar-refractivity contribution in [3.05, 3.63) is 0 Å². The SMILES string of the molecule is CN(CCCCC(C)(C)C(=N)N)CC1CCCOC1. The summed E-state index contributed by atoms with van der Waals surface area (Å²) in [6.07, 6.45) is 5.84. The minimum atomic E-state index is -0.143. The first-order valence-corrected chi connectivity index (χ1v) is 7.52. The lowest BCUT2D eigenvalue weighted by Crippen LogP contribution is -2.32. The lowest BCUT2D eigenvalue weighted by Gasteiger charge is -2.27. The van der Waals surface area contributed by atoms with Crippen LogP contribution in [0.1, 0.15) is 46.0 Å². The highest BCUT2D eigenvalue weighted by atomic mass is 16.5. The minimum absolute atomic E-state index is 0.143. The fraction of sp³-hybridized carbons (Fsp3) is 0.933. The van der Waals surface area contributed by atoms with Crippen molar-refractivity contribution in [2.45, 2.75) is 46.0 Å². The van der Waals surface area contributed by atoms with E-state index in [-0.39, 0.29) is 5.41 Å². The summed E-state index contributed by atoms with van der Waals surface area (Å²) in [5.41, 5.74) is 5.45. The second kappa shape index (κ2) is 7.85. The topological polar surface area (TPSA) is 62.3 Å². The van der Waals surface area contributed by atoms with Crippen LogP contribution >= 0.6 is 0 Å². The number of amidine groups is 1. The third-order valence-electron chi connectivity index (χ3n) is 4.15. The summed E-state index contributed by atoms with van der Waals surface area (Å²) in [7, 11) is 2.20. The number of unbranched alkanes of at least 4 members (excludes halogenated alkanes) is 1. The van der Waals surface area contributed by atoms with Gasteiger partial charge in [0.25, 0.3) is 0 Å². The summed E-state index contributed by atoms with van der Waals surface area (Å²) in [6.45, 7) is 8.26. The van der Waals surface area contributed by atoms with E-state index in [1.165, 1.54) is 19.3 Å². The highest BCUT2D eigenvalue weighted by Gasteiger charge is 2.21. The van der Waals surface area contributed by atoms with E-state index in [1.807, 2.05) is 0 Å². The van der Waals surface area contributed by atoms with Gasteiger partial charge in [-0.1, -0.05) is 20.3 Å². The van der Waals surface area contributed by atoms with Crippen LogP contribution < -0.4 is 5.73 Å². The number of ether oxygens (including phenoxy) is 1. The molecule has 1 rings (SSSR count). The van der Waals surface area contributed by atoms with Crippen LogP contribution in [0, 0.1) is 16.7 Å². The molecule has 112 valence electrons. The van der Waals surface area contributed by atoms with E-state index in [0.29, 0.717) is 11.8 Å². The molecule has 19 heavy (non-hydrogen) atoms. The molecule has 1 aliphatic heterocycles. The summed E-state index contributed by atoms with van der Waals surface area (Å²) in [5.74, 6) is 1.02. The van der Waals surface area contributed by atoms with Crippen molar-refractivity contribution < 1.29 is 4.74 Å². The van der Waals surface area contributed by atoms with Crippen LogP contribution in [0.4, 0.5) is 0 Å². The molecule has 0 saturated carbocycles. The molecule has 0 radical (unpaired) electrons. The van der Waals surface area contributed by atoms with Gasteiger partial charge in [0, 0.05) is 18.6 Å². The first-order chi connectivity index (χ1) is 8.92. The van der Waals surface area contributed by atoms with Gasteiger partial charge in [-0.05, 0) is 45.2 Å². The molecule has 1 atom stereocenters. The van der Waals surface area contributed by atoms with E-state index >= 15 is 0 Å². The van der Waals surface area contributed by atoms with E-state index < -0.39 is 0 Å². The zero-order valence-corrected chi connectivity index (χ0v) is 12.9. The number of nitrogens with zero attached hydrogens (tertiary/aromatic N) is 1. The zero-order valence-electron chi connectivity index (χ0n) is 12.9. The van der Waals surface area contributed by atoms with Crippen LogP contribution in [0.3, 0.4) is 0 Å². The lowest BCUT2D eigenvalue weighted by molar-refractivity contribution is 0.0418. The highest BCUT2D eigenvalue weighted by molar-refractivity contribution is 5.82. The Morgan fingerprint density at radius 3 is 2.74 bits per heavy atom. The normalized spacial score (nSPS) is 20.7. The standard InChI is InChI=1S/C15H31N3O/c1-15(2,14(16)17)8-4-5-9-18(3)11-13-7-6-10-19-12-13/h13H,4-12H2,1-3H3,(H3,16,17). The van der Waals surface area contributed by atoms with Crippen molar-refractivity contribution in [3.63, 3.8) is 0 Å². The van der Waals surface area contributed by atoms with E-state index in [4.69, 9.17) is 15.9 Å². The molecule has 4 nitrogen and oxygen atoms in total. The number of hydrogen-bond acceptors (Lipinski definition) is 3. The Labute approximate surface area is 118 Å². The van der Waals surface area contributed by atoms with Gasteiger partial charge in [-0.2, -0.15) is 0 Å². The summed E-state index contributed by atoms with van der Waals surface area (Å²) >= 11 is 0. The quantitative estimate of drug-likeness (QED) is 0.404. The van der Waals surface area contributed by atoms with Gasteiger partial charge in [-0.15, -0.1) is 0 Å². The number of hydrogen-bond donors (Lipinski definition) is 2. The summed E-state index contributed by atoms with van der Waals surface area (Å²) in [4.78, 5) is 2.42. The highest BCUT2D eigenvalue weighted by Crippen LogP contribution is 2.22. The fourth-order valence-corrected chi connectivity index (χ4v) is 2.57. The number of rotatable bonds is 8. The first kappa shape index (κ1) is 16.4. The molecule has 0 aromatic rings. The predicted molar refractivity (Wildman–Crippen MR) is 80.6 cm³/mol. The van der Waals surface area contributed by atoms with Gasteiger partial charge < -0.3 is 15.4 Å². The summed E-state index contributed by atoms with van der Waals surface area (Å²) in [6, 6.07) is 0. The molecular weight excluding hydrogens is 238 g/mol. The smallest absolute Gasteiger partial charge is 0.0963 e. The molecule has 0 aromatic heterocycles. The molecule has 0 spiro atoms. The van der Waals surface area contributed by atoms with Crippen molar-refractivity contribution in [3.8, 4) is 0 Å². The van der Waals surface area contributed by atoms with Crippen molar-refractivity contribution in [1.82, 2.24) is 4.90 Å². The molecule has 0 aliphatic carbocycles. The molecule has 0 aromatic carbocycles. The first-order valence-electron chi connectivity index (χ1n) is 7.52. The molecule has 1 fully saturated rings. The van der Waals surface area contributed by atoms with Crippen LogP contribution in [-0.4, -0.2) is 44.1 Å². The fourth-order valence-electron chi connectivity index (χ4n) is 2.57. The van der Waals surface area contributed by atoms with E-state index in [0.717, 1.165) is 39.1 Å². The maximum Gasteiger partial charge on any atom is 0.0963 e. The third-order valence-corrected chi connectivity index (χ3v) is 4.15. The van der Waals surface area contributed by atoms with Crippen molar-refractivity contribution in [2.75, 3.05) is 33.4 Å². The minimum Gasteiger partial charge on any atom is -0.387 e. The average Bonchev–Trinajstić information content (AvgIpc) is 2.36. The van der Waals surface area contributed by atoms with Crippen molar-refractivity contribution in [2.24, 2.45) is 17.1 Å². The Morgan fingerprint density at radius 2 is 2.16 bits per heavy atom. The Morgan fingerprint density at radius 1 is 1.42 bits per heavy atom. The van der Waals surface area contributed by atoms with Gasteiger partial charge >= 0.3 is 0 Å². The Hall–Kier alpha value is -0.610. The van der Waals surface area contributed by atoms with Crippen LogP contribution in [0.2, 0.25) is 0 Å². The van der Waals surface area contributed by atoms with Gasteiger partial charge in [-0.3, -0.25) is 5.41 Å². The number of nitrogens with one attached hydrogen (secondary N) is 1. The van der Waals surface area contributed by atoms with Crippen molar-refractivity contribution in [1.29, 1.82) is 5.41 Å². The van der Waals surface area contributed by atoms with Crippen LogP contribution in [-0.2, 0) is 4.74 Å². The summed E-state index contributed by atoms with van der Waals surface area (Å²) in [5, 5.41) is 7.54. The van der Waals surface area contributed by atoms with Gasteiger partial charge in [0.1, 0.15) is 0 Å². The Kier molecular flexibility index (Phi) is 6.80. The van der Waals surface area contributed by atoms with E-state index in [1.54, 1.807) is 0 Å². The van der Waals surface area contributed by atoms with Crippen LogP contribution in [0.15, 0.2) is 0 Å². The molecule has 1 unspecified atom stereocenters. The van der Waals surface area contributed by atoms with Crippen LogP contribution in [0.5, 0.6) is 0 Å². The average molecular weight is 269 g/mol. The molecule has 0 bridgehead atoms. The molecule has 3 N–H and O–H groups in total. The summed E-state index contributed by atoms with van der Waals surface area (Å²) < 4.78 is 5.52. The third kappa shape index (κ3) is 6.39. The molecule has 1 saturated heterocycles. The molecule has 1 heterocycles. The van der Waals surface area contributed by atoms with E-state index in [9.17, 15) is 0 Å². The van der Waals surface area contributed by atoms with E-state index in [2.05, 4.69) is 25.8 Å². The Balaban J connectivity index is 2.09. The molecule has 1 aliphatic rings. The van der Waals surface area contributed by atoms with Crippen molar-refractivity contribution >= 4 is 5.84 Å². The lowest BCUT2D eigenvalue weighted by atomic mass is 9.86. The van der Waals surface area contributed by atoms with Gasteiger partial charge in [0.2, 0.25) is 0 Å². The zero-order chi connectivity index (χ0) is 14.3. The second-order valence-corrected chi connectivity index (χ2v) is 6.60. The van der Waals surface area contributed by atoms with Gasteiger partial charge in [0.05, 0.1) is 12.4 Å². The number of nitrogens with two attached hydrogens (primary N) is 1. The monoisotopic (exact) mass is 269 g/mol. The molecular formula is C15H31N3O. The second-order valence-electron chi connectivity index (χ2n) is 6.60. The maximum absolute atomic E-state index is 7.54. The molecule has 0 amide bonds. The molecule has 4 heteroatoms. The van der Waals surface area contributed by atoms with Crippen LogP contribution in [0.25, 0.3) is 0 Å². The van der Waals surface area contributed by atoms with Gasteiger partial charge in [-0.25, -0.2) is 0 Å². The van der Waals surface area contributed by atoms with Gasteiger partial charge in [0.15, 0.2) is 0 Å².